The van der Waals surface area contributed by atoms with Crippen LogP contribution in [0.2, 0.25) is 0 Å². The molecular weight excluding hydrogens is 416 g/mol. The van der Waals surface area contributed by atoms with Crippen LogP contribution < -0.4 is 10.1 Å². The number of aliphatic imine (C=N–C) groups is 1. The number of rotatable bonds is 6. The Morgan fingerprint density at radius 1 is 1.00 bits per heavy atom. The average molecular weight is 436 g/mol. The second-order valence-electron chi connectivity index (χ2n) is 6.71. The third kappa shape index (κ3) is 4.15. The first kappa shape index (κ1) is 20.6. The standard InChI is InChI=1S/C23H20N2O5S/c1-29-16-10-12-17(13-11-16)31(27,28)21-9-5-3-7-19(21)22(26)25-20-8-4-2-6-18(20)23-24-14-15-30-23/h2-13H,14-15H2,1H3,(H,25,26). The molecule has 3 aromatic carbocycles. The molecule has 1 aliphatic rings. The Morgan fingerprint density at radius 3 is 2.42 bits per heavy atom. The fourth-order valence-electron chi connectivity index (χ4n) is 3.24. The zero-order chi connectivity index (χ0) is 21.8. The van der Waals surface area contributed by atoms with Gasteiger partial charge in [0.1, 0.15) is 12.4 Å². The van der Waals surface area contributed by atoms with E-state index in [0.717, 1.165) is 0 Å². The molecule has 0 bridgehead atoms. The van der Waals surface area contributed by atoms with Crippen LogP contribution >= 0.6 is 0 Å². The van der Waals surface area contributed by atoms with Crippen molar-refractivity contribution in [2.45, 2.75) is 9.79 Å². The Morgan fingerprint density at radius 2 is 1.71 bits per heavy atom. The Hall–Kier alpha value is -3.65. The maximum Gasteiger partial charge on any atom is 0.257 e. The van der Waals surface area contributed by atoms with Crippen molar-refractivity contribution in [3.8, 4) is 5.75 Å². The first-order chi connectivity index (χ1) is 15.0. The highest BCUT2D eigenvalue weighted by atomic mass is 32.2. The number of carbonyl (C=O) groups excluding carboxylic acids is 1. The summed E-state index contributed by atoms with van der Waals surface area (Å²) in [5.74, 6) is 0.451. The molecule has 7 nitrogen and oxygen atoms in total. The molecular formula is C23H20N2O5S. The maximum atomic E-state index is 13.2. The van der Waals surface area contributed by atoms with E-state index < -0.39 is 15.7 Å². The average Bonchev–Trinajstić information content (AvgIpc) is 3.34. The van der Waals surface area contributed by atoms with E-state index in [9.17, 15) is 13.2 Å². The molecule has 0 spiro atoms. The fraction of sp³-hybridized carbons (Fsp3) is 0.130. The molecule has 1 amide bonds. The van der Waals surface area contributed by atoms with Crippen molar-refractivity contribution < 1.29 is 22.7 Å². The van der Waals surface area contributed by atoms with Crippen molar-refractivity contribution in [1.82, 2.24) is 0 Å². The number of hydrogen-bond acceptors (Lipinski definition) is 6. The molecule has 31 heavy (non-hydrogen) atoms. The van der Waals surface area contributed by atoms with Crippen molar-refractivity contribution in [3.63, 3.8) is 0 Å². The van der Waals surface area contributed by atoms with Crippen LogP contribution in [0.25, 0.3) is 0 Å². The predicted octanol–water partition coefficient (Wildman–Crippen LogP) is 3.56. The van der Waals surface area contributed by atoms with Crippen LogP contribution in [0.4, 0.5) is 5.69 Å². The van der Waals surface area contributed by atoms with E-state index in [4.69, 9.17) is 9.47 Å². The van der Waals surface area contributed by atoms with Gasteiger partial charge < -0.3 is 14.8 Å². The molecule has 4 rings (SSSR count). The molecule has 0 saturated heterocycles. The van der Waals surface area contributed by atoms with Crippen LogP contribution in [0, 0.1) is 0 Å². The normalized spacial score (nSPS) is 13.3. The quantitative estimate of drug-likeness (QED) is 0.638. The number of hydrogen-bond donors (Lipinski definition) is 1. The molecule has 0 aromatic heterocycles. The largest absolute Gasteiger partial charge is 0.497 e. The van der Waals surface area contributed by atoms with Crippen LogP contribution in [-0.4, -0.2) is 40.5 Å². The lowest BCUT2D eigenvalue weighted by molar-refractivity contribution is 0.102. The molecule has 3 aromatic rings. The molecule has 0 fully saturated rings. The lowest BCUT2D eigenvalue weighted by Gasteiger charge is -2.13. The van der Waals surface area contributed by atoms with Gasteiger partial charge in [-0.25, -0.2) is 13.4 Å². The minimum absolute atomic E-state index is 0.0439. The number of ether oxygens (including phenoxy) is 2. The van der Waals surface area contributed by atoms with Crippen LogP contribution in [-0.2, 0) is 14.6 Å². The number of carbonyl (C=O) groups is 1. The topological polar surface area (TPSA) is 94.1 Å². The van der Waals surface area contributed by atoms with Gasteiger partial charge in [0.05, 0.1) is 40.3 Å². The van der Waals surface area contributed by atoms with Crippen molar-refractivity contribution in [2.75, 3.05) is 25.6 Å². The molecule has 1 N–H and O–H groups in total. The molecule has 0 saturated carbocycles. The van der Waals surface area contributed by atoms with Crippen LogP contribution in [0.1, 0.15) is 15.9 Å². The molecule has 0 aliphatic carbocycles. The minimum atomic E-state index is -3.92. The number of methoxy groups -OCH3 is 1. The summed E-state index contributed by atoms with van der Waals surface area (Å²) in [6, 6.07) is 19.2. The Bertz CT molecular complexity index is 1250. The number of benzene rings is 3. The molecule has 0 unspecified atom stereocenters. The SMILES string of the molecule is COc1ccc(S(=O)(=O)c2ccccc2C(=O)Nc2ccccc2C2=NCCO2)cc1. The smallest absolute Gasteiger partial charge is 0.257 e. The number of amides is 1. The summed E-state index contributed by atoms with van der Waals surface area (Å²) in [4.78, 5) is 17.4. The lowest BCUT2D eigenvalue weighted by atomic mass is 10.1. The van der Waals surface area contributed by atoms with Gasteiger partial charge in [-0.15, -0.1) is 0 Å². The zero-order valence-electron chi connectivity index (χ0n) is 16.7. The van der Waals surface area contributed by atoms with Gasteiger partial charge in [-0.2, -0.15) is 0 Å². The summed E-state index contributed by atoms with van der Waals surface area (Å²) in [5.41, 5.74) is 1.18. The summed E-state index contributed by atoms with van der Waals surface area (Å²) >= 11 is 0. The van der Waals surface area contributed by atoms with Gasteiger partial charge in [-0.3, -0.25) is 4.79 Å². The van der Waals surface area contributed by atoms with Gasteiger partial charge in [0.25, 0.3) is 5.91 Å². The summed E-state index contributed by atoms with van der Waals surface area (Å²) < 4.78 is 37.1. The van der Waals surface area contributed by atoms with E-state index in [1.165, 1.54) is 31.4 Å². The summed E-state index contributed by atoms with van der Waals surface area (Å²) in [7, 11) is -2.42. The van der Waals surface area contributed by atoms with Crippen LogP contribution in [0.15, 0.2) is 87.6 Å². The third-order valence-corrected chi connectivity index (χ3v) is 6.61. The van der Waals surface area contributed by atoms with Gasteiger partial charge in [0.2, 0.25) is 15.7 Å². The van der Waals surface area contributed by atoms with Gasteiger partial charge in [-0.1, -0.05) is 24.3 Å². The highest BCUT2D eigenvalue weighted by Gasteiger charge is 2.25. The van der Waals surface area contributed by atoms with E-state index in [1.807, 2.05) is 6.07 Å². The number of anilines is 1. The van der Waals surface area contributed by atoms with E-state index >= 15 is 0 Å². The van der Waals surface area contributed by atoms with E-state index in [0.29, 0.717) is 36.0 Å². The monoisotopic (exact) mass is 436 g/mol. The number of para-hydroxylation sites is 1. The highest BCUT2D eigenvalue weighted by molar-refractivity contribution is 7.91. The van der Waals surface area contributed by atoms with Crippen molar-refractivity contribution in [1.29, 1.82) is 0 Å². The third-order valence-electron chi connectivity index (χ3n) is 4.78. The zero-order valence-corrected chi connectivity index (χ0v) is 17.6. The van der Waals surface area contributed by atoms with E-state index in [-0.39, 0.29) is 15.4 Å². The first-order valence-corrected chi connectivity index (χ1v) is 11.0. The highest BCUT2D eigenvalue weighted by Crippen LogP contribution is 2.27. The van der Waals surface area contributed by atoms with Crippen LogP contribution in [0.5, 0.6) is 5.75 Å². The molecule has 8 heteroatoms. The van der Waals surface area contributed by atoms with Gasteiger partial charge in [0, 0.05) is 0 Å². The number of nitrogens with zero attached hydrogens (tertiary/aromatic N) is 1. The number of nitrogens with one attached hydrogen (secondary N) is 1. The van der Waals surface area contributed by atoms with Gasteiger partial charge in [0.15, 0.2) is 0 Å². The summed E-state index contributed by atoms with van der Waals surface area (Å²) in [6.45, 7) is 1.04. The lowest BCUT2D eigenvalue weighted by Crippen LogP contribution is -2.18. The minimum Gasteiger partial charge on any atom is -0.497 e. The van der Waals surface area contributed by atoms with Gasteiger partial charge in [-0.05, 0) is 48.5 Å². The molecule has 0 radical (unpaired) electrons. The molecule has 1 aliphatic heterocycles. The second-order valence-corrected chi connectivity index (χ2v) is 8.63. The van der Waals surface area contributed by atoms with Crippen molar-refractivity contribution >= 4 is 27.3 Å². The molecule has 1 heterocycles. The Balaban J connectivity index is 1.68. The number of sulfone groups is 1. The van der Waals surface area contributed by atoms with Crippen molar-refractivity contribution in [3.05, 3.63) is 83.9 Å². The predicted molar refractivity (Wildman–Crippen MR) is 117 cm³/mol. The van der Waals surface area contributed by atoms with E-state index in [2.05, 4.69) is 10.3 Å². The summed E-state index contributed by atoms with van der Waals surface area (Å²) in [6.07, 6.45) is 0. The van der Waals surface area contributed by atoms with Crippen LogP contribution in [0.3, 0.4) is 0 Å². The maximum absolute atomic E-state index is 13.2. The van der Waals surface area contributed by atoms with E-state index in [1.54, 1.807) is 42.5 Å². The second kappa shape index (κ2) is 8.61. The first-order valence-electron chi connectivity index (χ1n) is 9.57. The Labute approximate surface area is 180 Å². The summed E-state index contributed by atoms with van der Waals surface area (Å²) in [5, 5.41) is 2.80. The van der Waals surface area contributed by atoms with Crippen molar-refractivity contribution in [2.24, 2.45) is 4.99 Å². The molecule has 0 atom stereocenters. The molecule has 158 valence electrons. The Kier molecular flexibility index (Phi) is 5.73. The van der Waals surface area contributed by atoms with Gasteiger partial charge >= 0.3 is 0 Å². The fourth-order valence-corrected chi connectivity index (χ4v) is 4.69.